The molecule has 0 N–H and O–H groups in total. The predicted molar refractivity (Wildman–Crippen MR) is 115 cm³/mol. The summed E-state index contributed by atoms with van der Waals surface area (Å²) in [5.41, 5.74) is 0. The van der Waals surface area contributed by atoms with Crippen molar-refractivity contribution in [1.82, 2.24) is 12.9 Å². The minimum Gasteiger partial charge on any atom is -0.373 e. The van der Waals surface area contributed by atoms with Gasteiger partial charge in [-0.1, -0.05) is 30.3 Å². The van der Waals surface area contributed by atoms with E-state index in [2.05, 4.69) is 0 Å². The molecule has 0 aliphatic carbocycles. The number of morpholine rings is 1. The highest BCUT2D eigenvalue weighted by Gasteiger charge is 2.38. The molecule has 2 aliphatic rings. The van der Waals surface area contributed by atoms with E-state index in [9.17, 15) is 16.8 Å². The Kier molecular flexibility index (Phi) is 5.90. The third-order valence-corrected chi connectivity index (χ3v) is 9.46. The van der Waals surface area contributed by atoms with Gasteiger partial charge in [0.2, 0.25) is 10.0 Å². The molecule has 2 aliphatic heterocycles. The van der Waals surface area contributed by atoms with Crippen LogP contribution in [0.4, 0.5) is 0 Å². The molecule has 0 spiro atoms. The zero-order valence-corrected chi connectivity index (χ0v) is 18.8. The second kappa shape index (κ2) is 8.18. The Labute approximate surface area is 178 Å². The lowest BCUT2D eigenvalue weighted by molar-refractivity contribution is -0.0456. The van der Waals surface area contributed by atoms with Crippen LogP contribution < -0.4 is 0 Å². The van der Waals surface area contributed by atoms with E-state index in [1.165, 1.54) is 12.9 Å². The standard InChI is InChI=1S/C20H27N3O5S2/c1-16-14-23(15-17(2)28-16)30(26,27)22-11-9-21(10-12-22)29(24,25)20-8-7-18-5-3-4-6-19(18)13-20/h3-8,13,16-17H,9-12,14-15H2,1-2H3/t16-,17-/m0/s1. The van der Waals surface area contributed by atoms with Gasteiger partial charge in [-0.15, -0.1) is 0 Å². The monoisotopic (exact) mass is 453 g/mol. The highest BCUT2D eigenvalue weighted by atomic mass is 32.2. The van der Waals surface area contributed by atoms with E-state index in [0.717, 1.165) is 10.8 Å². The maximum Gasteiger partial charge on any atom is 0.282 e. The van der Waals surface area contributed by atoms with Gasteiger partial charge in [0.1, 0.15) is 0 Å². The summed E-state index contributed by atoms with van der Waals surface area (Å²) in [6.45, 7) is 4.85. The maximum absolute atomic E-state index is 13.1. The fraction of sp³-hybridized carbons (Fsp3) is 0.500. The Morgan fingerprint density at radius 3 is 1.97 bits per heavy atom. The number of benzene rings is 2. The van der Waals surface area contributed by atoms with Gasteiger partial charge in [0, 0.05) is 39.3 Å². The molecule has 8 nitrogen and oxygen atoms in total. The summed E-state index contributed by atoms with van der Waals surface area (Å²) in [5.74, 6) is 0. The van der Waals surface area contributed by atoms with E-state index in [1.54, 1.807) is 18.2 Å². The molecule has 2 heterocycles. The molecule has 0 aromatic heterocycles. The van der Waals surface area contributed by atoms with E-state index in [-0.39, 0.29) is 43.3 Å². The van der Waals surface area contributed by atoms with Crippen LogP contribution in [-0.2, 0) is 25.0 Å². The third-order valence-electron chi connectivity index (χ3n) is 5.59. The molecule has 10 heteroatoms. The lowest BCUT2D eigenvalue weighted by atomic mass is 10.1. The Balaban J connectivity index is 1.48. The van der Waals surface area contributed by atoms with E-state index in [4.69, 9.17) is 4.74 Å². The minimum absolute atomic E-state index is 0.129. The second-order valence-corrected chi connectivity index (χ2v) is 11.8. The van der Waals surface area contributed by atoms with Gasteiger partial charge in [-0.05, 0) is 36.8 Å². The van der Waals surface area contributed by atoms with E-state index < -0.39 is 20.2 Å². The molecule has 0 amide bonds. The number of ether oxygens (including phenoxy) is 1. The number of sulfonamides is 1. The van der Waals surface area contributed by atoms with Crippen molar-refractivity contribution in [3.05, 3.63) is 42.5 Å². The fourth-order valence-electron chi connectivity index (χ4n) is 4.10. The average Bonchev–Trinajstić information content (AvgIpc) is 2.72. The van der Waals surface area contributed by atoms with Gasteiger partial charge in [0.25, 0.3) is 10.2 Å². The molecular formula is C20H27N3O5S2. The lowest BCUT2D eigenvalue weighted by Gasteiger charge is -2.40. The Bertz CT molecular complexity index is 1120. The molecule has 0 saturated carbocycles. The van der Waals surface area contributed by atoms with Crippen LogP contribution >= 0.6 is 0 Å². The van der Waals surface area contributed by atoms with Crippen molar-refractivity contribution in [2.45, 2.75) is 31.0 Å². The van der Waals surface area contributed by atoms with Gasteiger partial charge in [-0.25, -0.2) is 8.42 Å². The van der Waals surface area contributed by atoms with E-state index in [1.807, 2.05) is 38.1 Å². The van der Waals surface area contributed by atoms with E-state index in [0.29, 0.717) is 13.1 Å². The molecule has 2 fully saturated rings. The number of fused-ring (bicyclic) bond motifs is 1. The molecule has 164 valence electrons. The third kappa shape index (κ3) is 4.12. The molecule has 4 rings (SSSR count). The van der Waals surface area contributed by atoms with Crippen molar-refractivity contribution in [2.24, 2.45) is 0 Å². The second-order valence-electron chi connectivity index (χ2n) is 7.89. The van der Waals surface area contributed by atoms with Crippen molar-refractivity contribution in [3.8, 4) is 0 Å². The summed E-state index contributed by atoms with van der Waals surface area (Å²) in [6, 6.07) is 12.7. The smallest absolute Gasteiger partial charge is 0.282 e. The maximum atomic E-state index is 13.1. The summed E-state index contributed by atoms with van der Waals surface area (Å²) < 4.78 is 62.1. The van der Waals surface area contributed by atoms with Crippen molar-refractivity contribution in [3.63, 3.8) is 0 Å². The Morgan fingerprint density at radius 1 is 0.767 bits per heavy atom. The van der Waals surface area contributed by atoms with Gasteiger partial charge >= 0.3 is 0 Å². The molecular weight excluding hydrogens is 426 g/mol. The van der Waals surface area contributed by atoms with Gasteiger partial charge in [-0.3, -0.25) is 0 Å². The SMILES string of the molecule is C[C@H]1CN(S(=O)(=O)N2CCN(S(=O)(=O)c3ccc4ccccc4c3)CC2)C[C@H](C)O1. The molecule has 0 radical (unpaired) electrons. The van der Waals surface area contributed by atoms with Crippen LogP contribution in [-0.4, -0.2) is 81.2 Å². The molecule has 0 bridgehead atoms. The van der Waals surface area contributed by atoms with E-state index >= 15 is 0 Å². The highest BCUT2D eigenvalue weighted by Crippen LogP contribution is 2.24. The first-order chi connectivity index (χ1) is 14.2. The van der Waals surface area contributed by atoms with Gasteiger partial charge < -0.3 is 4.74 Å². The molecule has 0 unspecified atom stereocenters. The van der Waals surface area contributed by atoms with Gasteiger partial charge in [0.15, 0.2) is 0 Å². The first-order valence-corrected chi connectivity index (χ1v) is 12.9. The number of piperazine rings is 1. The van der Waals surface area contributed by atoms with Crippen molar-refractivity contribution < 1.29 is 21.6 Å². The quantitative estimate of drug-likeness (QED) is 0.700. The zero-order valence-electron chi connectivity index (χ0n) is 17.1. The largest absolute Gasteiger partial charge is 0.373 e. The van der Waals surface area contributed by atoms with Gasteiger partial charge in [0.05, 0.1) is 17.1 Å². The van der Waals surface area contributed by atoms with Crippen molar-refractivity contribution in [1.29, 1.82) is 0 Å². The first-order valence-electron chi connectivity index (χ1n) is 10.1. The predicted octanol–water partition coefficient (Wildman–Crippen LogP) is 1.50. The Hall–Kier alpha value is -1.56. The van der Waals surface area contributed by atoms with Crippen LogP contribution in [0.15, 0.2) is 47.4 Å². The van der Waals surface area contributed by atoms with Crippen LogP contribution in [0.5, 0.6) is 0 Å². The van der Waals surface area contributed by atoms with Crippen LogP contribution in [0, 0.1) is 0 Å². The summed E-state index contributed by atoms with van der Waals surface area (Å²) in [5, 5.41) is 1.83. The lowest BCUT2D eigenvalue weighted by Crippen LogP contribution is -2.57. The molecule has 30 heavy (non-hydrogen) atoms. The summed E-state index contributed by atoms with van der Waals surface area (Å²) >= 11 is 0. The minimum atomic E-state index is -3.69. The Morgan fingerprint density at radius 2 is 1.33 bits per heavy atom. The van der Waals surface area contributed by atoms with Crippen LogP contribution in [0.3, 0.4) is 0 Å². The number of nitrogens with zero attached hydrogens (tertiary/aromatic N) is 3. The first kappa shape index (κ1) is 21.7. The number of hydrogen-bond donors (Lipinski definition) is 0. The molecule has 2 atom stereocenters. The van der Waals surface area contributed by atoms with Crippen molar-refractivity contribution in [2.75, 3.05) is 39.3 Å². The highest BCUT2D eigenvalue weighted by molar-refractivity contribution is 7.89. The summed E-state index contributed by atoms with van der Waals surface area (Å²) in [6.07, 6.45) is -0.337. The molecule has 2 aromatic carbocycles. The summed E-state index contributed by atoms with van der Waals surface area (Å²) in [7, 11) is -7.33. The van der Waals surface area contributed by atoms with Crippen LogP contribution in [0.1, 0.15) is 13.8 Å². The van der Waals surface area contributed by atoms with Crippen LogP contribution in [0.25, 0.3) is 10.8 Å². The van der Waals surface area contributed by atoms with Crippen LogP contribution in [0.2, 0.25) is 0 Å². The molecule has 2 aromatic rings. The van der Waals surface area contributed by atoms with Gasteiger partial charge in [-0.2, -0.15) is 21.3 Å². The molecule has 2 saturated heterocycles. The average molecular weight is 454 g/mol. The normalized spacial score (nSPS) is 25.5. The van der Waals surface area contributed by atoms with Crippen molar-refractivity contribution >= 4 is 31.0 Å². The number of hydrogen-bond acceptors (Lipinski definition) is 5. The fourth-order valence-corrected chi connectivity index (χ4v) is 7.31. The summed E-state index contributed by atoms with van der Waals surface area (Å²) in [4.78, 5) is 0.230. The topological polar surface area (TPSA) is 87.2 Å². The zero-order chi connectivity index (χ0) is 21.5. The number of rotatable bonds is 4.